The summed E-state index contributed by atoms with van der Waals surface area (Å²) in [4.78, 5) is 13.5. The second kappa shape index (κ2) is 4.63. The van der Waals surface area contributed by atoms with E-state index in [1.807, 2.05) is 31.2 Å². The van der Waals surface area contributed by atoms with Crippen LogP contribution in [0.25, 0.3) is 11.0 Å². The molecule has 1 saturated heterocycles. The third kappa shape index (κ3) is 2.10. The van der Waals surface area contributed by atoms with E-state index in [-0.39, 0.29) is 6.04 Å². The van der Waals surface area contributed by atoms with Gasteiger partial charge in [0.05, 0.1) is 11.5 Å². The maximum absolute atomic E-state index is 11.3. The molecule has 0 saturated carbocycles. The van der Waals surface area contributed by atoms with Gasteiger partial charge in [0.1, 0.15) is 11.3 Å². The van der Waals surface area contributed by atoms with Gasteiger partial charge in [0.2, 0.25) is 0 Å². The first-order valence-electron chi connectivity index (χ1n) is 6.95. The van der Waals surface area contributed by atoms with Crippen LogP contribution in [0.2, 0.25) is 0 Å². The van der Waals surface area contributed by atoms with Gasteiger partial charge in [-0.1, -0.05) is 18.2 Å². The summed E-state index contributed by atoms with van der Waals surface area (Å²) in [6.45, 7) is 5.26. The number of para-hydroxylation sites is 1. The van der Waals surface area contributed by atoms with Crippen molar-refractivity contribution < 1.29 is 14.3 Å². The van der Waals surface area contributed by atoms with Crippen molar-refractivity contribution in [1.82, 2.24) is 4.90 Å². The van der Waals surface area contributed by atoms with Crippen molar-refractivity contribution in [2.75, 3.05) is 13.1 Å². The van der Waals surface area contributed by atoms with Gasteiger partial charge >= 0.3 is 5.97 Å². The van der Waals surface area contributed by atoms with E-state index in [9.17, 15) is 9.90 Å². The molecule has 0 radical (unpaired) electrons. The third-order valence-electron chi connectivity index (χ3n) is 4.42. The monoisotopic (exact) mass is 273 g/mol. The molecule has 1 fully saturated rings. The van der Waals surface area contributed by atoms with Gasteiger partial charge < -0.3 is 9.52 Å². The summed E-state index contributed by atoms with van der Waals surface area (Å²) in [5, 5.41) is 10.4. The molecule has 4 heteroatoms. The van der Waals surface area contributed by atoms with Crippen molar-refractivity contribution in [2.24, 2.45) is 5.41 Å². The van der Waals surface area contributed by atoms with Crippen LogP contribution in [0.4, 0.5) is 0 Å². The lowest BCUT2D eigenvalue weighted by Crippen LogP contribution is -2.32. The van der Waals surface area contributed by atoms with Gasteiger partial charge in [-0.05, 0) is 32.4 Å². The molecule has 1 aliphatic heterocycles. The standard InChI is InChI=1S/C16H19NO3/c1-11(17-8-7-16(2,10-17)15(18)19)14-9-12-5-3-4-6-13(12)20-14/h3-6,9,11H,7-8,10H2,1-2H3,(H,18,19). The first kappa shape index (κ1) is 13.2. The Kier molecular flexibility index (Phi) is 3.05. The van der Waals surface area contributed by atoms with Gasteiger partial charge in [-0.3, -0.25) is 9.69 Å². The molecule has 20 heavy (non-hydrogen) atoms. The number of aliphatic carboxylic acids is 1. The number of carboxylic acid groups (broad SMARTS) is 1. The highest BCUT2D eigenvalue weighted by Gasteiger charge is 2.42. The Labute approximate surface area is 118 Å². The molecule has 0 aliphatic carbocycles. The second-order valence-corrected chi connectivity index (χ2v) is 5.95. The SMILES string of the molecule is CC(c1cc2ccccc2o1)N1CCC(C)(C(=O)O)C1. The van der Waals surface area contributed by atoms with Crippen molar-refractivity contribution in [1.29, 1.82) is 0 Å². The summed E-state index contributed by atoms with van der Waals surface area (Å²) in [6.07, 6.45) is 0.687. The van der Waals surface area contributed by atoms with Gasteiger partial charge in [0.15, 0.2) is 0 Å². The summed E-state index contributed by atoms with van der Waals surface area (Å²) >= 11 is 0. The normalized spacial score (nSPS) is 25.1. The number of rotatable bonds is 3. The Morgan fingerprint density at radius 2 is 2.20 bits per heavy atom. The number of furan rings is 1. The molecule has 106 valence electrons. The summed E-state index contributed by atoms with van der Waals surface area (Å²) in [6, 6.07) is 10.1. The minimum Gasteiger partial charge on any atom is -0.481 e. The fourth-order valence-corrected chi connectivity index (χ4v) is 2.89. The Hall–Kier alpha value is -1.81. The fourth-order valence-electron chi connectivity index (χ4n) is 2.89. The zero-order valence-electron chi connectivity index (χ0n) is 11.8. The summed E-state index contributed by atoms with van der Waals surface area (Å²) in [7, 11) is 0. The predicted octanol–water partition coefficient (Wildman–Crippen LogP) is 3.29. The summed E-state index contributed by atoms with van der Waals surface area (Å²) < 4.78 is 5.88. The van der Waals surface area contributed by atoms with E-state index >= 15 is 0 Å². The van der Waals surface area contributed by atoms with E-state index in [0.29, 0.717) is 13.0 Å². The topological polar surface area (TPSA) is 53.7 Å². The van der Waals surface area contributed by atoms with E-state index in [4.69, 9.17) is 4.42 Å². The van der Waals surface area contributed by atoms with Crippen LogP contribution in [0.1, 0.15) is 32.1 Å². The number of fused-ring (bicyclic) bond motifs is 1. The van der Waals surface area contributed by atoms with Crippen LogP contribution in [0.5, 0.6) is 0 Å². The Morgan fingerprint density at radius 3 is 2.85 bits per heavy atom. The zero-order valence-corrected chi connectivity index (χ0v) is 11.8. The van der Waals surface area contributed by atoms with Crippen LogP contribution in [-0.4, -0.2) is 29.1 Å². The molecule has 3 rings (SSSR count). The number of carbonyl (C=O) groups is 1. The smallest absolute Gasteiger partial charge is 0.310 e. The average molecular weight is 273 g/mol. The van der Waals surface area contributed by atoms with E-state index in [1.165, 1.54) is 0 Å². The molecular formula is C16H19NO3. The number of nitrogens with zero attached hydrogens (tertiary/aromatic N) is 1. The molecule has 2 atom stereocenters. The molecule has 0 spiro atoms. The first-order valence-corrected chi connectivity index (χ1v) is 6.95. The molecule has 0 amide bonds. The maximum Gasteiger partial charge on any atom is 0.310 e. The van der Waals surface area contributed by atoms with Crippen LogP contribution in [-0.2, 0) is 4.79 Å². The Balaban J connectivity index is 1.83. The number of hydrogen-bond donors (Lipinski definition) is 1. The van der Waals surface area contributed by atoms with Crippen molar-refractivity contribution in [3.63, 3.8) is 0 Å². The van der Waals surface area contributed by atoms with Crippen LogP contribution in [0, 0.1) is 5.41 Å². The van der Waals surface area contributed by atoms with Gasteiger partial charge in [-0.25, -0.2) is 0 Å². The predicted molar refractivity (Wildman–Crippen MR) is 76.6 cm³/mol. The number of benzene rings is 1. The van der Waals surface area contributed by atoms with Crippen LogP contribution in [0.15, 0.2) is 34.7 Å². The van der Waals surface area contributed by atoms with E-state index in [1.54, 1.807) is 0 Å². The molecule has 4 nitrogen and oxygen atoms in total. The molecule has 1 aliphatic rings. The van der Waals surface area contributed by atoms with Crippen LogP contribution >= 0.6 is 0 Å². The fraction of sp³-hybridized carbons (Fsp3) is 0.438. The van der Waals surface area contributed by atoms with E-state index < -0.39 is 11.4 Å². The second-order valence-electron chi connectivity index (χ2n) is 5.95. The quantitative estimate of drug-likeness (QED) is 0.932. The highest BCUT2D eigenvalue weighted by Crippen LogP contribution is 2.36. The van der Waals surface area contributed by atoms with Gasteiger partial charge in [0, 0.05) is 18.5 Å². The lowest BCUT2D eigenvalue weighted by Gasteiger charge is -2.24. The Bertz CT molecular complexity index is 615. The van der Waals surface area contributed by atoms with Crippen LogP contribution < -0.4 is 0 Å². The molecule has 1 aromatic carbocycles. The molecule has 0 bridgehead atoms. The largest absolute Gasteiger partial charge is 0.481 e. The molecular weight excluding hydrogens is 254 g/mol. The lowest BCUT2D eigenvalue weighted by atomic mass is 9.90. The molecule has 2 aromatic rings. The van der Waals surface area contributed by atoms with E-state index in [0.717, 1.165) is 23.3 Å². The lowest BCUT2D eigenvalue weighted by molar-refractivity contribution is -0.147. The van der Waals surface area contributed by atoms with Crippen molar-refractivity contribution in [3.8, 4) is 0 Å². The molecule has 1 aromatic heterocycles. The van der Waals surface area contributed by atoms with Crippen molar-refractivity contribution >= 4 is 16.9 Å². The van der Waals surface area contributed by atoms with Gasteiger partial charge in [-0.2, -0.15) is 0 Å². The minimum absolute atomic E-state index is 0.101. The summed E-state index contributed by atoms with van der Waals surface area (Å²) in [5.74, 6) is 0.192. The number of hydrogen-bond acceptors (Lipinski definition) is 3. The van der Waals surface area contributed by atoms with Gasteiger partial charge in [-0.15, -0.1) is 0 Å². The highest BCUT2D eigenvalue weighted by molar-refractivity contribution is 5.78. The zero-order chi connectivity index (χ0) is 14.3. The average Bonchev–Trinajstić information content (AvgIpc) is 3.02. The molecule has 2 heterocycles. The van der Waals surface area contributed by atoms with Gasteiger partial charge in [0.25, 0.3) is 0 Å². The van der Waals surface area contributed by atoms with Crippen LogP contribution in [0.3, 0.4) is 0 Å². The Morgan fingerprint density at radius 1 is 1.45 bits per heavy atom. The molecule has 2 unspecified atom stereocenters. The van der Waals surface area contributed by atoms with Crippen molar-refractivity contribution in [3.05, 3.63) is 36.1 Å². The highest BCUT2D eigenvalue weighted by atomic mass is 16.4. The number of likely N-dealkylation sites (tertiary alicyclic amines) is 1. The molecule has 1 N–H and O–H groups in total. The minimum atomic E-state index is -0.711. The summed E-state index contributed by atoms with van der Waals surface area (Å²) in [5.41, 5.74) is 0.245. The van der Waals surface area contributed by atoms with E-state index in [2.05, 4.69) is 17.9 Å². The number of carboxylic acids is 1. The maximum atomic E-state index is 11.3. The first-order chi connectivity index (χ1) is 9.49. The van der Waals surface area contributed by atoms with Crippen molar-refractivity contribution in [2.45, 2.75) is 26.3 Å². The third-order valence-corrected chi connectivity index (χ3v) is 4.42.